The average Bonchev–Trinajstić information content (AvgIpc) is 3.03. The lowest BCUT2D eigenvalue weighted by atomic mass is 10.3. The van der Waals surface area contributed by atoms with Crippen LogP contribution in [0.2, 0.25) is 0 Å². The molecule has 4 rings (SSSR count). The van der Waals surface area contributed by atoms with Crippen LogP contribution < -0.4 is 11.1 Å². The number of hydrogen-bond acceptors (Lipinski definition) is 6. The van der Waals surface area contributed by atoms with Crippen LogP contribution in [-0.2, 0) is 0 Å². The Bertz CT molecular complexity index is 1010. The number of benzene rings is 2. The van der Waals surface area contributed by atoms with Gasteiger partial charge in [0, 0.05) is 5.69 Å². The molecule has 2 heterocycles. The van der Waals surface area contributed by atoms with Crippen LogP contribution in [-0.4, -0.2) is 25.0 Å². The van der Waals surface area contributed by atoms with Gasteiger partial charge in [0.15, 0.2) is 11.6 Å². The maximum absolute atomic E-state index is 13.0. The predicted octanol–water partition coefficient (Wildman–Crippen LogP) is 2.68. The molecule has 3 N–H and O–H groups in total. The Balaban J connectivity index is 1.77. The highest BCUT2D eigenvalue weighted by Crippen LogP contribution is 2.26. The molecule has 0 aliphatic heterocycles. The van der Waals surface area contributed by atoms with Crippen LogP contribution in [0.1, 0.15) is 0 Å². The van der Waals surface area contributed by atoms with Crippen molar-refractivity contribution in [3.05, 3.63) is 60.7 Å². The van der Waals surface area contributed by atoms with Crippen LogP contribution in [0.15, 0.2) is 54.9 Å². The van der Waals surface area contributed by atoms with E-state index in [1.807, 2.05) is 24.3 Å². The number of aromatic nitrogens is 5. The topological polar surface area (TPSA) is 94.5 Å². The van der Waals surface area contributed by atoms with Gasteiger partial charge < -0.3 is 11.1 Å². The first-order valence-corrected chi connectivity index (χ1v) is 7.16. The highest BCUT2D eigenvalue weighted by molar-refractivity contribution is 5.80. The molecular formula is C16H12FN7. The monoisotopic (exact) mass is 321 g/mol. The standard InChI is InChI=1S/C16H12FN7/c17-10-5-7-11(8-6-10)21-15-14(18)16(20-9-19-15)24-13-4-2-1-3-12(13)22-23-24/h1-9H,18H2,(H,19,20,21). The first-order valence-electron chi connectivity index (χ1n) is 7.16. The minimum Gasteiger partial charge on any atom is -0.393 e. The molecule has 0 fully saturated rings. The Kier molecular flexibility index (Phi) is 3.27. The molecule has 0 radical (unpaired) electrons. The van der Waals surface area contributed by atoms with Gasteiger partial charge in [-0.25, -0.2) is 14.4 Å². The van der Waals surface area contributed by atoms with Crippen LogP contribution >= 0.6 is 0 Å². The molecule has 2 aromatic carbocycles. The molecule has 7 nitrogen and oxygen atoms in total. The summed E-state index contributed by atoms with van der Waals surface area (Å²) in [6.07, 6.45) is 1.38. The second-order valence-electron chi connectivity index (χ2n) is 5.08. The number of fused-ring (bicyclic) bond motifs is 1. The van der Waals surface area contributed by atoms with Gasteiger partial charge in [-0.2, -0.15) is 4.68 Å². The molecule has 0 aliphatic carbocycles. The van der Waals surface area contributed by atoms with Gasteiger partial charge >= 0.3 is 0 Å². The fourth-order valence-electron chi connectivity index (χ4n) is 2.35. The van der Waals surface area contributed by atoms with Crippen molar-refractivity contribution in [1.82, 2.24) is 25.0 Å². The van der Waals surface area contributed by atoms with E-state index in [2.05, 4.69) is 25.6 Å². The van der Waals surface area contributed by atoms with Crippen molar-refractivity contribution in [3.8, 4) is 5.82 Å². The highest BCUT2D eigenvalue weighted by atomic mass is 19.1. The van der Waals surface area contributed by atoms with E-state index in [9.17, 15) is 4.39 Å². The number of anilines is 3. The van der Waals surface area contributed by atoms with Crippen molar-refractivity contribution < 1.29 is 4.39 Å². The van der Waals surface area contributed by atoms with E-state index in [0.29, 0.717) is 23.0 Å². The van der Waals surface area contributed by atoms with Gasteiger partial charge in [0.1, 0.15) is 23.3 Å². The minimum atomic E-state index is -0.314. The van der Waals surface area contributed by atoms with Crippen molar-refractivity contribution in [2.24, 2.45) is 0 Å². The number of nitrogens with one attached hydrogen (secondary N) is 1. The Morgan fingerprint density at radius 2 is 1.79 bits per heavy atom. The molecule has 0 saturated heterocycles. The smallest absolute Gasteiger partial charge is 0.184 e. The van der Waals surface area contributed by atoms with Gasteiger partial charge in [-0.1, -0.05) is 17.3 Å². The molecular weight excluding hydrogens is 309 g/mol. The number of hydrogen-bond donors (Lipinski definition) is 2. The summed E-state index contributed by atoms with van der Waals surface area (Å²) in [4.78, 5) is 8.36. The van der Waals surface area contributed by atoms with E-state index >= 15 is 0 Å². The molecule has 0 spiro atoms. The van der Waals surface area contributed by atoms with Crippen molar-refractivity contribution >= 4 is 28.2 Å². The van der Waals surface area contributed by atoms with Crippen molar-refractivity contribution in [2.75, 3.05) is 11.1 Å². The molecule has 24 heavy (non-hydrogen) atoms. The molecule has 118 valence electrons. The summed E-state index contributed by atoms with van der Waals surface area (Å²) in [6, 6.07) is 13.4. The minimum absolute atomic E-state index is 0.314. The van der Waals surface area contributed by atoms with Crippen molar-refractivity contribution in [3.63, 3.8) is 0 Å². The third-order valence-electron chi connectivity index (χ3n) is 3.52. The fraction of sp³-hybridized carbons (Fsp3) is 0. The van der Waals surface area contributed by atoms with Crippen molar-refractivity contribution in [1.29, 1.82) is 0 Å². The van der Waals surface area contributed by atoms with Crippen LogP contribution in [0.3, 0.4) is 0 Å². The first kappa shape index (κ1) is 14.1. The van der Waals surface area contributed by atoms with E-state index in [-0.39, 0.29) is 5.82 Å². The quantitative estimate of drug-likeness (QED) is 0.602. The number of para-hydroxylation sites is 1. The number of nitrogen functional groups attached to an aromatic ring is 1. The third kappa shape index (κ3) is 2.39. The van der Waals surface area contributed by atoms with Gasteiger partial charge in [-0.15, -0.1) is 5.10 Å². The van der Waals surface area contributed by atoms with Crippen LogP contribution in [0.5, 0.6) is 0 Å². The van der Waals surface area contributed by atoms with Crippen molar-refractivity contribution in [2.45, 2.75) is 0 Å². The zero-order chi connectivity index (χ0) is 16.5. The predicted molar refractivity (Wildman–Crippen MR) is 88.6 cm³/mol. The summed E-state index contributed by atoms with van der Waals surface area (Å²) in [5, 5.41) is 11.2. The Labute approximate surface area is 136 Å². The van der Waals surface area contributed by atoms with Gasteiger partial charge in [-0.05, 0) is 36.4 Å². The molecule has 0 saturated carbocycles. The summed E-state index contributed by atoms with van der Waals surface area (Å²) >= 11 is 0. The molecule has 0 aliphatic rings. The second kappa shape index (κ2) is 5.58. The highest BCUT2D eigenvalue weighted by Gasteiger charge is 2.14. The van der Waals surface area contributed by atoms with E-state index < -0.39 is 0 Å². The Hall–Kier alpha value is -3.55. The van der Waals surface area contributed by atoms with Gasteiger partial charge in [-0.3, -0.25) is 0 Å². The second-order valence-corrected chi connectivity index (χ2v) is 5.08. The van der Waals surface area contributed by atoms with Gasteiger partial charge in [0.25, 0.3) is 0 Å². The number of halogens is 1. The van der Waals surface area contributed by atoms with Gasteiger partial charge in [0.05, 0.1) is 5.52 Å². The molecule has 0 amide bonds. The fourth-order valence-corrected chi connectivity index (χ4v) is 2.35. The zero-order valence-corrected chi connectivity index (χ0v) is 12.4. The van der Waals surface area contributed by atoms with Crippen LogP contribution in [0.4, 0.5) is 21.6 Å². The van der Waals surface area contributed by atoms with Gasteiger partial charge in [0.2, 0.25) is 0 Å². The SMILES string of the molecule is Nc1c(Nc2ccc(F)cc2)ncnc1-n1nnc2ccccc21. The largest absolute Gasteiger partial charge is 0.393 e. The molecule has 0 bridgehead atoms. The molecule has 0 unspecified atom stereocenters. The maximum atomic E-state index is 13.0. The number of nitrogens with zero attached hydrogens (tertiary/aromatic N) is 5. The van der Waals surface area contributed by atoms with Crippen LogP contribution in [0, 0.1) is 5.82 Å². The summed E-state index contributed by atoms with van der Waals surface area (Å²) in [7, 11) is 0. The zero-order valence-electron chi connectivity index (χ0n) is 12.4. The van der Waals surface area contributed by atoms with E-state index in [4.69, 9.17) is 5.73 Å². The molecule has 8 heteroatoms. The van der Waals surface area contributed by atoms with Crippen LogP contribution in [0.25, 0.3) is 16.9 Å². The average molecular weight is 321 g/mol. The molecule has 0 atom stereocenters. The Morgan fingerprint density at radius 3 is 2.62 bits per heavy atom. The summed E-state index contributed by atoms with van der Waals surface area (Å²) in [5.74, 6) is 0.514. The normalized spacial score (nSPS) is 10.9. The Morgan fingerprint density at radius 1 is 1.00 bits per heavy atom. The lowest BCUT2D eigenvalue weighted by Gasteiger charge is -2.11. The lowest BCUT2D eigenvalue weighted by molar-refractivity contribution is 0.628. The molecule has 2 aromatic heterocycles. The molecule has 4 aromatic rings. The third-order valence-corrected chi connectivity index (χ3v) is 3.52. The summed E-state index contributed by atoms with van der Waals surface area (Å²) < 4.78 is 14.6. The van der Waals surface area contributed by atoms with E-state index in [1.54, 1.807) is 16.8 Å². The first-order chi connectivity index (χ1) is 11.7. The summed E-state index contributed by atoms with van der Waals surface area (Å²) in [6.45, 7) is 0. The lowest BCUT2D eigenvalue weighted by Crippen LogP contribution is -2.08. The maximum Gasteiger partial charge on any atom is 0.184 e. The summed E-state index contributed by atoms with van der Waals surface area (Å²) in [5.41, 5.74) is 8.70. The van der Waals surface area contributed by atoms with E-state index in [1.165, 1.54) is 18.5 Å². The number of rotatable bonds is 3. The number of nitrogens with two attached hydrogens (primary N) is 1. The van der Waals surface area contributed by atoms with E-state index in [0.717, 1.165) is 11.0 Å².